The number of aliphatic imine (C=N–C) groups is 1. The molecule has 1 saturated heterocycles. The number of rotatable bonds is 8. The number of benzene rings is 1. The molecule has 6 heteroatoms. The van der Waals surface area contributed by atoms with Crippen molar-refractivity contribution in [3.05, 3.63) is 54.1 Å². The van der Waals surface area contributed by atoms with Gasteiger partial charge in [0.1, 0.15) is 12.4 Å². The molecule has 0 bridgehead atoms. The van der Waals surface area contributed by atoms with Gasteiger partial charge in [-0.3, -0.25) is 0 Å². The van der Waals surface area contributed by atoms with E-state index in [0.29, 0.717) is 12.5 Å². The highest BCUT2D eigenvalue weighted by Gasteiger charge is 2.19. The minimum absolute atomic E-state index is 0.579. The SMILES string of the molecule is CCNC(=NCc1nccn1CCc1ccccc1)N(C)CC1CCOC1. The lowest BCUT2D eigenvalue weighted by Crippen LogP contribution is -2.41. The van der Waals surface area contributed by atoms with Crippen LogP contribution in [0.3, 0.4) is 0 Å². The van der Waals surface area contributed by atoms with Crippen molar-refractivity contribution in [3.63, 3.8) is 0 Å². The second-order valence-electron chi connectivity index (χ2n) is 7.05. The first kappa shape index (κ1) is 19.4. The summed E-state index contributed by atoms with van der Waals surface area (Å²) in [6.07, 6.45) is 6.03. The van der Waals surface area contributed by atoms with E-state index in [1.54, 1.807) is 0 Å². The van der Waals surface area contributed by atoms with Gasteiger partial charge >= 0.3 is 0 Å². The Kier molecular flexibility index (Phi) is 7.27. The summed E-state index contributed by atoms with van der Waals surface area (Å²) >= 11 is 0. The normalized spacial score (nSPS) is 17.3. The number of ether oxygens (including phenoxy) is 1. The zero-order chi connectivity index (χ0) is 18.9. The largest absolute Gasteiger partial charge is 0.381 e. The fourth-order valence-electron chi connectivity index (χ4n) is 3.41. The maximum atomic E-state index is 5.50. The molecule has 1 fully saturated rings. The molecule has 1 aromatic heterocycles. The average Bonchev–Trinajstić information content (AvgIpc) is 3.36. The number of imidazole rings is 1. The van der Waals surface area contributed by atoms with Gasteiger partial charge < -0.3 is 19.5 Å². The summed E-state index contributed by atoms with van der Waals surface area (Å²) in [5.74, 6) is 2.52. The van der Waals surface area contributed by atoms with Crippen molar-refractivity contribution >= 4 is 5.96 Å². The maximum Gasteiger partial charge on any atom is 0.194 e. The minimum atomic E-state index is 0.579. The van der Waals surface area contributed by atoms with Crippen LogP contribution < -0.4 is 5.32 Å². The Morgan fingerprint density at radius 1 is 1.37 bits per heavy atom. The third kappa shape index (κ3) is 5.82. The molecule has 2 heterocycles. The number of aryl methyl sites for hydroxylation is 2. The topological polar surface area (TPSA) is 54.7 Å². The van der Waals surface area contributed by atoms with E-state index in [1.807, 2.05) is 12.4 Å². The fraction of sp³-hybridized carbons (Fsp3) is 0.524. The van der Waals surface area contributed by atoms with Crippen LogP contribution >= 0.6 is 0 Å². The standard InChI is InChI=1S/C21H31N5O/c1-3-22-21(25(2)16-19-10-14-27-17-19)24-15-20-23-11-13-26(20)12-9-18-7-5-4-6-8-18/h4-8,11,13,19H,3,9-10,12,14-17H2,1-2H3,(H,22,24). The van der Waals surface area contributed by atoms with E-state index >= 15 is 0 Å². The Hall–Kier alpha value is -2.34. The second-order valence-corrected chi connectivity index (χ2v) is 7.05. The highest BCUT2D eigenvalue weighted by molar-refractivity contribution is 5.79. The van der Waals surface area contributed by atoms with Crippen molar-refractivity contribution in [2.75, 3.05) is 33.4 Å². The van der Waals surface area contributed by atoms with E-state index in [4.69, 9.17) is 9.73 Å². The van der Waals surface area contributed by atoms with E-state index in [-0.39, 0.29) is 0 Å². The lowest BCUT2D eigenvalue weighted by Gasteiger charge is -2.24. The Morgan fingerprint density at radius 2 is 2.22 bits per heavy atom. The molecular formula is C21H31N5O. The molecule has 1 N–H and O–H groups in total. The van der Waals surface area contributed by atoms with E-state index in [2.05, 4.69) is 64.1 Å². The van der Waals surface area contributed by atoms with E-state index < -0.39 is 0 Å². The van der Waals surface area contributed by atoms with Crippen molar-refractivity contribution < 1.29 is 4.74 Å². The molecule has 1 aliphatic rings. The molecule has 146 valence electrons. The number of nitrogens with one attached hydrogen (secondary N) is 1. The number of guanidine groups is 1. The van der Waals surface area contributed by atoms with Gasteiger partial charge in [0.2, 0.25) is 0 Å². The van der Waals surface area contributed by atoms with Gasteiger partial charge in [-0.2, -0.15) is 0 Å². The Balaban J connectivity index is 1.59. The highest BCUT2D eigenvalue weighted by atomic mass is 16.5. The van der Waals surface area contributed by atoms with Gasteiger partial charge in [0.15, 0.2) is 5.96 Å². The van der Waals surface area contributed by atoms with Crippen molar-refractivity contribution in [1.82, 2.24) is 19.8 Å². The van der Waals surface area contributed by atoms with Gasteiger partial charge in [0, 0.05) is 51.6 Å². The number of hydrogen-bond acceptors (Lipinski definition) is 3. The van der Waals surface area contributed by atoms with Crippen LogP contribution in [-0.2, 0) is 24.2 Å². The van der Waals surface area contributed by atoms with Gasteiger partial charge in [-0.15, -0.1) is 0 Å². The molecular weight excluding hydrogens is 338 g/mol. The van der Waals surface area contributed by atoms with Crippen LogP contribution in [0.25, 0.3) is 0 Å². The van der Waals surface area contributed by atoms with E-state index in [9.17, 15) is 0 Å². The second kappa shape index (κ2) is 10.1. The van der Waals surface area contributed by atoms with Crippen LogP contribution in [0.5, 0.6) is 0 Å². The molecule has 6 nitrogen and oxygen atoms in total. The van der Waals surface area contributed by atoms with Crippen molar-refractivity contribution in [2.24, 2.45) is 10.9 Å². The zero-order valence-corrected chi connectivity index (χ0v) is 16.5. The number of nitrogens with zero attached hydrogens (tertiary/aromatic N) is 4. The average molecular weight is 370 g/mol. The molecule has 1 aromatic carbocycles. The van der Waals surface area contributed by atoms with Crippen LogP contribution in [0.1, 0.15) is 24.7 Å². The lowest BCUT2D eigenvalue weighted by atomic mass is 10.1. The summed E-state index contributed by atoms with van der Waals surface area (Å²) in [7, 11) is 2.10. The number of hydrogen-bond donors (Lipinski definition) is 1. The lowest BCUT2D eigenvalue weighted by molar-refractivity contribution is 0.181. The van der Waals surface area contributed by atoms with Gasteiger partial charge in [0.05, 0.1) is 6.61 Å². The molecule has 3 rings (SSSR count). The summed E-state index contributed by atoms with van der Waals surface area (Å²) in [6.45, 7) is 7.15. The van der Waals surface area contributed by atoms with Crippen LogP contribution in [0, 0.1) is 5.92 Å². The van der Waals surface area contributed by atoms with E-state index in [0.717, 1.165) is 57.5 Å². The third-order valence-electron chi connectivity index (χ3n) is 4.91. The smallest absolute Gasteiger partial charge is 0.194 e. The molecule has 0 saturated carbocycles. The summed E-state index contributed by atoms with van der Waals surface area (Å²) in [4.78, 5) is 11.5. The van der Waals surface area contributed by atoms with Gasteiger partial charge in [-0.05, 0) is 25.3 Å². The summed E-state index contributed by atoms with van der Waals surface area (Å²) in [6, 6.07) is 10.6. The van der Waals surface area contributed by atoms with Gasteiger partial charge in [0.25, 0.3) is 0 Å². The molecule has 0 spiro atoms. The first-order valence-electron chi connectivity index (χ1n) is 9.87. The predicted octanol–water partition coefficient (Wildman–Crippen LogP) is 2.56. The van der Waals surface area contributed by atoms with Crippen LogP contribution in [0.15, 0.2) is 47.7 Å². The number of aromatic nitrogens is 2. The fourth-order valence-corrected chi connectivity index (χ4v) is 3.41. The first-order chi connectivity index (χ1) is 13.3. The summed E-state index contributed by atoms with van der Waals surface area (Å²) in [5, 5.41) is 3.39. The first-order valence-corrected chi connectivity index (χ1v) is 9.87. The Bertz CT molecular complexity index is 706. The molecule has 1 atom stereocenters. The molecule has 1 unspecified atom stereocenters. The predicted molar refractivity (Wildman–Crippen MR) is 109 cm³/mol. The summed E-state index contributed by atoms with van der Waals surface area (Å²) in [5.41, 5.74) is 1.34. The van der Waals surface area contributed by atoms with Crippen molar-refractivity contribution in [3.8, 4) is 0 Å². The van der Waals surface area contributed by atoms with Gasteiger partial charge in [-0.1, -0.05) is 30.3 Å². The quantitative estimate of drug-likeness (QED) is 0.574. The van der Waals surface area contributed by atoms with Crippen LogP contribution in [0.2, 0.25) is 0 Å². The highest BCUT2D eigenvalue weighted by Crippen LogP contribution is 2.13. The monoisotopic (exact) mass is 369 g/mol. The Labute approximate surface area is 162 Å². The van der Waals surface area contributed by atoms with E-state index in [1.165, 1.54) is 5.56 Å². The molecule has 0 amide bonds. The molecule has 27 heavy (non-hydrogen) atoms. The van der Waals surface area contributed by atoms with Crippen molar-refractivity contribution in [1.29, 1.82) is 0 Å². The Morgan fingerprint density at radius 3 is 2.96 bits per heavy atom. The maximum absolute atomic E-state index is 5.50. The third-order valence-corrected chi connectivity index (χ3v) is 4.91. The molecule has 0 aliphatic carbocycles. The zero-order valence-electron chi connectivity index (χ0n) is 16.5. The van der Waals surface area contributed by atoms with Crippen molar-refractivity contribution in [2.45, 2.75) is 32.9 Å². The molecule has 1 aliphatic heterocycles. The molecule has 0 radical (unpaired) electrons. The summed E-state index contributed by atoms with van der Waals surface area (Å²) < 4.78 is 7.69. The van der Waals surface area contributed by atoms with Crippen LogP contribution in [0.4, 0.5) is 0 Å². The van der Waals surface area contributed by atoms with Crippen LogP contribution in [-0.4, -0.2) is 53.8 Å². The minimum Gasteiger partial charge on any atom is -0.381 e. The molecule has 2 aromatic rings. The van der Waals surface area contributed by atoms with Gasteiger partial charge in [-0.25, -0.2) is 9.98 Å².